The summed E-state index contributed by atoms with van der Waals surface area (Å²) in [7, 11) is 2.18. The molecule has 0 bridgehead atoms. The van der Waals surface area contributed by atoms with Crippen LogP contribution < -0.4 is 5.32 Å². The van der Waals surface area contributed by atoms with Gasteiger partial charge in [0.2, 0.25) is 0 Å². The first kappa shape index (κ1) is 15.2. The first-order valence-electron chi connectivity index (χ1n) is 6.91. The summed E-state index contributed by atoms with van der Waals surface area (Å²) in [5.74, 6) is -0.297. The monoisotopic (exact) mass is 254 g/mol. The lowest BCUT2D eigenvalue weighted by atomic mass is 10.2. The minimum absolute atomic E-state index is 0.297. The quantitative estimate of drug-likeness (QED) is 0.405. The largest absolute Gasteiger partial charge is 0.463 e. The van der Waals surface area contributed by atoms with Crippen LogP contribution in [-0.4, -0.2) is 50.2 Å². The van der Waals surface area contributed by atoms with Crippen LogP contribution in [0.4, 0.5) is 0 Å². The van der Waals surface area contributed by atoms with Crippen LogP contribution in [0.2, 0.25) is 0 Å². The van der Waals surface area contributed by atoms with E-state index in [9.17, 15) is 4.79 Å². The first-order chi connectivity index (χ1) is 8.65. The molecule has 0 saturated heterocycles. The maximum atomic E-state index is 11.3. The third-order valence-corrected chi connectivity index (χ3v) is 3.49. The molecule has 0 aliphatic heterocycles. The van der Waals surface area contributed by atoms with Gasteiger partial charge in [-0.3, -0.25) is 0 Å². The lowest BCUT2D eigenvalue weighted by molar-refractivity contribution is -0.138. The topological polar surface area (TPSA) is 41.6 Å². The van der Waals surface area contributed by atoms with Crippen LogP contribution in [0, 0.1) is 0 Å². The zero-order valence-electron chi connectivity index (χ0n) is 11.7. The number of esters is 1. The van der Waals surface area contributed by atoms with E-state index < -0.39 is 0 Å². The fourth-order valence-electron chi connectivity index (χ4n) is 2.33. The summed E-state index contributed by atoms with van der Waals surface area (Å²) < 4.78 is 4.87. The van der Waals surface area contributed by atoms with Crippen molar-refractivity contribution in [3.63, 3.8) is 0 Å². The van der Waals surface area contributed by atoms with Crippen LogP contribution in [0.3, 0.4) is 0 Å². The molecule has 4 heteroatoms. The van der Waals surface area contributed by atoms with E-state index in [0.717, 1.165) is 19.1 Å². The van der Waals surface area contributed by atoms with E-state index >= 15 is 0 Å². The number of carbonyl (C=O) groups excluding carboxylic acids is 1. The van der Waals surface area contributed by atoms with Crippen molar-refractivity contribution in [2.24, 2.45) is 0 Å². The summed E-state index contributed by atoms with van der Waals surface area (Å²) in [5, 5.41) is 3.24. The van der Waals surface area contributed by atoms with E-state index in [4.69, 9.17) is 4.74 Å². The molecule has 0 unspecified atom stereocenters. The van der Waals surface area contributed by atoms with Gasteiger partial charge in [0.05, 0.1) is 6.61 Å². The molecule has 4 nitrogen and oxygen atoms in total. The number of nitrogens with zero attached hydrogens (tertiary/aromatic N) is 1. The lowest BCUT2D eigenvalue weighted by Crippen LogP contribution is -2.36. The van der Waals surface area contributed by atoms with Crippen molar-refractivity contribution in [2.45, 2.75) is 38.6 Å². The number of carbonyl (C=O) groups is 1. The van der Waals surface area contributed by atoms with Gasteiger partial charge in [0.15, 0.2) is 0 Å². The molecule has 0 heterocycles. The SMILES string of the molecule is C=C(CNCCN(C)C1CCCC1)C(=O)OCC. The highest BCUT2D eigenvalue weighted by Gasteiger charge is 2.18. The van der Waals surface area contributed by atoms with Crippen molar-refractivity contribution >= 4 is 5.97 Å². The average Bonchev–Trinajstić information content (AvgIpc) is 2.88. The Kier molecular flexibility index (Phi) is 6.98. The molecular formula is C14H26N2O2. The molecule has 1 N–H and O–H groups in total. The predicted octanol–water partition coefficient (Wildman–Crippen LogP) is 1.57. The molecule has 0 spiro atoms. The van der Waals surface area contributed by atoms with Crippen LogP contribution in [-0.2, 0) is 9.53 Å². The number of rotatable bonds is 8. The smallest absolute Gasteiger partial charge is 0.334 e. The zero-order valence-corrected chi connectivity index (χ0v) is 11.7. The first-order valence-corrected chi connectivity index (χ1v) is 6.91. The van der Waals surface area contributed by atoms with E-state index in [2.05, 4.69) is 23.8 Å². The molecule has 0 aromatic carbocycles. The van der Waals surface area contributed by atoms with Crippen molar-refractivity contribution in [2.75, 3.05) is 33.3 Å². The number of ether oxygens (including phenoxy) is 1. The van der Waals surface area contributed by atoms with Crippen molar-refractivity contribution in [1.29, 1.82) is 0 Å². The fraction of sp³-hybridized carbons (Fsp3) is 0.786. The second kappa shape index (κ2) is 8.27. The number of hydrogen-bond acceptors (Lipinski definition) is 4. The Bertz CT molecular complexity index is 273. The Morgan fingerprint density at radius 3 is 2.72 bits per heavy atom. The summed E-state index contributed by atoms with van der Waals surface area (Å²) in [5.41, 5.74) is 0.500. The number of hydrogen-bond donors (Lipinski definition) is 1. The predicted molar refractivity (Wildman–Crippen MR) is 73.5 cm³/mol. The van der Waals surface area contributed by atoms with Gasteiger partial charge >= 0.3 is 5.97 Å². The normalized spacial score (nSPS) is 16.2. The average molecular weight is 254 g/mol. The van der Waals surface area contributed by atoms with Gasteiger partial charge < -0.3 is 15.0 Å². The maximum Gasteiger partial charge on any atom is 0.334 e. The second-order valence-electron chi connectivity index (χ2n) is 4.92. The van der Waals surface area contributed by atoms with Crippen LogP contribution >= 0.6 is 0 Å². The van der Waals surface area contributed by atoms with E-state index in [1.807, 2.05) is 0 Å². The van der Waals surface area contributed by atoms with E-state index in [0.29, 0.717) is 18.7 Å². The minimum atomic E-state index is -0.297. The molecule has 0 radical (unpaired) electrons. The van der Waals surface area contributed by atoms with Crippen LogP contribution in [0.15, 0.2) is 12.2 Å². The molecule has 1 rings (SSSR count). The van der Waals surface area contributed by atoms with Gasteiger partial charge in [0.25, 0.3) is 0 Å². The Balaban J connectivity index is 2.07. The third kappa shape index (κ3) is 5.19. The molecule has 1 aliphatic carbocycles. The van der Waals surface area contributed by atoms with E-state index in [1.54, 1.807) is 6.92 Å². The van der Waals surface area contributed by atoms with Gasteiger partial charge in [-0.1, -0.05) is 19.4 Å². The summed E-state index contributed by atoms with van der Waals surface area (Å²) in [6, 6.07) is 0.750. The zero-order chi connectivity index (χ0) is 13.4. The Hall–Kier alpha value is -0.870. The van der Waals surface area contributed by atoms with E-state index in [-0.39, 0.29) is 5.97 Å². The number of nitrogens with one attached hydrogen (secondary N) is 1. The highest BCUT2D eigenvalue weighted by Crippen LogP contribution is 2.21. The molecule has 1 fully saturated rings. The molecule has 0 amide bonds. The molecule has 1 aliphatic rings. The van der Waals surface area contributed by atoms with Gasteiger partial charge in [0, 0.05) is 31.2 Å². The molecule has 104 valence electrons. The third-order valence-electron chi connectivity index (χ3n) is 3.49. The van der Waals surface area contributed by atoms with Gasteiger partial charge in [-0.2, -0.15) is 0 Å². The standard InChI is InChI=1S/C14H26N2O2/c1-4-18-14(17)12(2)11-15-9-10-16(3)13-7-5-6-8-13/h13,15H,2,4-11H2,1,3H3. The maximum absolute atomic E-state index is 11.3. The van der Waals surface area contributed by atoms with Crippen molar-refractivity contribution in [1.82, 2.24) is 10.2 Å². The van der Waals surface area contributed by atoms with Crippen molar-refractivity contribution in [3.8, 4) is 0 Å². The summed E-state index contributed by atoms with van der Waals surface area (Å²) in [6.07, 6.45) is 5.38. The second-order valence-corrected chi connectivity index (χ2v) is 4.92. The fourth-order valence-corrected chi connectivity index (χ4v) is 2.33. The molecule has 18 heavy (non-hydrogen) atoms. The Morgan fingerprint density at radius 2 is 2.11 bits per heavy atom. The molecule has 0 aromatic rings. The summed E-state index contributed by atoms with van der Waals surface area (Å²) in [4.78, 5) is 13.7. The summed E-state index contributed by atoms with van der Waals surface area (Å²) in [6.45, 7) is 8.33. The molecule has 0 aromatic heterocycles. The van der Waals surface area contributed by atoms with Crippen LogP contribution in [0.5, 0.6) is 0 Å². The minimum Gasteiger partial charge on any atom is -0.463 e. The molecule has 0 atom stereocenters. The Labute approximate surface area is 110 Å². The lowest BCUT2D eigenvalue weighted by Gasteiger charge is -2.24. The number of likely N-dealkylation sites (N-methyl/N-ethyl adjacent to an activating group) is 1. The highest BCUT2D eigenvalue weighted by molar-refractivity contribution is 5.88. The van der Waals surface area contributed by atoms with Crippen LogP contribution in [0.1, 0.15) is 32.6 Å². The molecular weight excluding hydrogens is 228 g/mol. The van der Waals surface area contributed by atoms with Crippen molar-refractivity contribution < 1.29 is 9.53 Å². The van der Waals surface area contributed by atoms with Crippen molar-refractivity contribution in [3.05, 3.63) is 12.2 Å². The van der Waals surface area contributed by atoms with Gasteiger partial charge in [-0.05, 0) is 26.8 Å². The van der Waals surface area contributed by atoms with Gasteiger partial charge in [-0.25, -0.2) is 4.79 Å². The van der Waals surface area contributed by atoms with Gasteiger partial charge in [0.1, 0.15) is 0 Å². The van der Waals surface area contributed by atoms with Gasteiger partial charge in [-0.15, -0.1) is 0 Å². The molecule has 1 saturated carbocycles. The summed E-state index contributed by atoms with van der Waals surface area (Å²) >= 11 is 0. The van der Waals surface area contributed by atoms with E-state index in [1.165, 1.54) is 25.7 Å². The Morgan fingerprint density at radius 1 is 1.44 bits per heavy atom. The van der Waals surface area contributed by atoms with Crippen LogP contribution in [0.25, 0.3) is 0 Å². The highest BCUT2D eigenvalue weighted by atomic mass is 16.5.